The van der Waals surface area contributed by atoms with Crippen LogP contribution in [-0.2, 0) is 21.3 Å². The van der Waals surface area contributed by atoms with Crippen LogP contribution in [0.5, 0.6) is 0 Å². The Kier molecular flexibility index (Phi) is 2.53. The highest BCUT2D eigenvalue weighted by molar-refractivity contribution is 7.92. The van der Waals surface area contributed by atoms with E-state index >= 15 is 0 Å². The zero-order valence-corrected chi connectivity index (χ0v) is 10.8. The fraction of sp³-hybridized carbons (Fsp3) is 0.231. The summed E-state index contributed by atoms with van der Waals surface area (Å²) in [5, 5.41) is 2.21. The Labute approximate surface area is 106 Å². The highest BCUT2D eigenvalue weighted by Crippen LogP contribution is 2.34. The molecule has 2 aromatic carbocycles. The first-order chi connectivity index (χ1) is 8.63. The first kappa shape index (κ1) is 11.5. The first-order valence-corrected chi connectivity index (χ1v) is 7.32. The van der Waals surface area contributed by atoms with E-state index in [0.717, 1.165) is 20.8 Å². The van der Waals surface area contributed by atoms with Gasteiger partial charge >= 0.3 is 0 Å². The van der Waals surface area contributed by atoms with Crippen molar-refractivity contribution in [1.29, 1.82) is 0 Å². The summed E-state index contributed by atoms with van der Waals surface area (Å²) in [6.45, 7) is 0. The SMILES string of the molecule is CON1c2ccc3ccccc3c2CCS1(=O)=O. The number of rotatable bonds is 1. The molecule has 1 aliphatic heterocycles. The molecule has 3 rings (SSSR count). The molecule has 1 heterocycles. The standard InChI is InChI=1S/C13H13NO3S/c1-17-14-13-7-6-10-4-2-3-5-11(10)12(13)8-9-18(14,15)16/h2-7H,8-9H2,1H3. The molecule has 4 nitrogen and oxygen atoms in total. The summed E-state index contributed by atoms with van der Waals surface area (Å²) in [5.41, 5.74) is 1.66. The monoisotopic (exact) mass is 263 g/mol. The van der Waals surface area contributed by atoms with Gasteiger partial charge in [0.25, 0.3) is 10.0 Å². The quantitative estimate of drug-likeness (QED) is 0.791. The molecule has 0 bridgehead atoms. The second-order valence-corrected chi connectivity index (χ2v) is 6.16. The number of hydrogen-bond donors (Lipinski definition) is 0. The molecule has 18 heavy (non-hydrogen) atoms. The van der Waals surface area contributed by atoms with Crippen molar-refractivity contribution >= 4 is 26.5 Å². The van der Waals surface area contributed by atoms with Crippen molar-refractivity contribution in [2.45, 2.75) is 6.42 Å². The summed E-state index contributed by atoms with van der Waals surface area (Å²) < 4.78 is 24.9. The van der Waals surface area contributed by atoms with Gasteiger partial charge in [0.1, 0.15) is 0 Å². The molecule has 0 fully saturated rings. The van der Waals surface area contributed by atoms with E-state index in [1.165, 1.54) is 7.11 Å². The largest absolute Gasteiger partial charge is 0.262 e. The summed E-state index contributed by atoms with van der Waals surface area (Å²) in [6.07, 6.45) is 0.527. The number of sulfonamides is 1. The van der Waals surface area contributed by atoms with Crippen molar-refractivity contribution in [2.24, 2.45) is 0 Å². The summed E-state index contributed by atoms with van der Waals surface area (Å²) >= 11 is 0. The van der Waals surface area contributed by atoms with Crippen LogP contribution in [0.25, 0.3) is 10.8 Å². The fourth-order valence-corrected chi connectivity index (χ4v) is 3.76. The van der Waals surface area contributed by atoms with Crippen molar-refractivity contribution in [2.75, 3.05) is 17.3 Å². The van der Waals surface area contributed by atoms with Gasteiger partial charge in [-0.15, -0.1) is 4.47 Å². The van der Waals surface area contributed by atoms with E-state index in [1.54, 1.807) is 6.07 Å². The van der Waals surface area contributed by atoms with Crippen LogP contribution in [-0.4, -0.2) is 21.3 Å². The molecule has 0 amide bonds. The molecular weight excluding hydrogens is 250 g/mol. The van der Waals surface area contributed by atoms with E-state index in [9.17, 15) is 8.42 Å². The fourth-order valence-electron chi connectivity index (χ4n) is 2.43. The second kappa shape index (κ2) is 3.96. The number of hydrogen-bond acceptors (Lipinski definition) is 3. The molecule has 0 saturated carbocycles. The third kappa shape index (κ3) is 1.59. The van der Waals surface area contributed by atoms with Crippen LogP contribution in [0.1, 0.15) is 5.56 Å². The Morgan fingerprint density at radius 3 is 2.72 bits per heavy atom. The van der Waals surface area contributed by atoms with Gasteiger partial charge in [-0.05, 0) is 28.8 Å². The Balaban J connectivity index is 2.31. The Morgan fingerprint density at radius 2 is 1.94 bits per heavy atom. The molecule has 1 aliphatic rings. The predicted octanol–water partition coefficient (Wildman–Crippen LogP) is 2.09. The van der Waals surface area contributed by atoms with Crippen molar-refractivity contribution in [3.8, 4) is 0 Å². The van der Waals surface area contributed by atoms with E-state index in [0.29, 0.717) is 12.1 Å². The third-order valence-corrected chi connectivity index (χ3v) is 4.81. The molecule has 0 atom stereocenters. The van der Waals surface area contributed by atoms with Crippen molar-refractivity contribution in [3.05, 3.63) is 42.0 Å². The van der Waals surface area contributed by atoms with E-state index in [4.69, 9.17) is 4.84 Å². The lowest BCUT2D eigenvalue weighted by atomic mass is 10.0. The molecular formula is C13H13NO3S. The van der Waals surface area contributed by atoms with Crippen molar-refractivity contribution < 1.29 is 13.3 Å². The number of fused-ring (bicyclic) bond motifs is 3. The Morgan fingerprint density at radius 1 is 1.17 bits per heavy atom. The molecule has 0 unspecified atom stereocenters. The molecule has 0 aliphatic carbocycles. The van der Waals surface area contributed by atoms with Crippen LogP contribution >= 0.6 is 0 Å². The van der Waals surface area contributed by atoms with Crippen LogP contribution in [0, 0.1) is 0 Å². The second-order valence-electron chi connectivity index (χ2n) is 4.26. The molecule has 0 radical (unpaired) electrons. The highest BCUT2D eigenvalue weighted by Gasteiger charge is 2.30. The van der Waals surface area contributed by atoms with Crippen LogP contribution < -0.4 is 4.47 Å². The zero-order valence-electron chi connectivity index (χ0n) is 9.96. The maximum Gasteiger partial charge on any atom is 0.257 e. The average Bonchev–Trinajstić information content (AvgIpc) is 2.37. The first-order valence-electron chi connectivity index (χ1n) is 5.71. The van der Waals surface area contributed by atoms with Crippen LogP contribution in [0.2, 0.25) is 0 Å². The van der Waals surface area contributed by atoms with E-state index < -0.39 is 10.0 Å². The number of benzene rings is 2. The van der Waals surface area contributed by atoms with Crippen molar-refractivity contribution in [1.82, 2.24) is 0 Å². The number of aryl methyl sites for hydroxylation is 1. The lowest BCUT2D eigenvalue weighted by molar-refractivity contribution is 0.214. The van der Waals surface area contributed by atoms with Crippen LogP contribution in [0.15, 0.2) is 36.4 Å². The Bertz CT molecular complexity index is 709. The Hall–Kier alpha value is -1.59. The minimum atomic E-state index is -3.34. The van der Waals surface area contributed by atoms with Gasteiger partial charge in [0.15, 0.2) is 0 Å². The molecule has 94 valence electrons. The summed E-state index contributed by atoms with van der Waals surface area (Å²) in [6, 6.07) is 11.7. The highest BCUT2D eigenvalue weighted by atomic mass is 32.2. The van der Waals surface area contributed by atoms with Gasteiger partial charge < -0.3 is 0 Å². The van der Waals surface area contributed by atoms with Gasteiger partial charge in [-0.3, -0.25) is 4.84 Å². The van der Waals surface area contributed by atoms with Gasteiger partial charge in [-0.1, -0.05) is 30.3 Å². The predicted molar refractivity (Wildman–Crippen MR) is 70.9 cm³/mol. The van der Waals surface area contributed by atoms with Gasteiger partial charge in [-0.2, -0.15) is 0 Å². The van der Waals surface area contributed by atoms with E-state index in [-0.39, 0.29) is 5.75 Å². The van der Waals surface area contributed by atoms with Gasteiger partial charge in [-0.25, -0.2) is 8.42 Å². The third-order valence-electron chi connectivity index (χ3n) is 3.24. The lowest BCUT2D eigenvalue weighted by Crippen LogP contribution is -2.36. The van der Waals surface area contributed by atoms with E-state index in [2.05, 4.69) is 0 Å². The zero-order chi connectivity index (χ0) is 12.8. The molecule has 0 saturated heterocycles. The normalized spacial score (nSPS) is 17.7. The summed E-state index contributed by atoms with van der Waals surface area (Å²) in [4.78, 5) is 5.03. The van der Waals surface area contributed by atoms with Crippen LogP contribution in [0.4, 0.5) is 5.69 Å². The molecule has 0 aromatic heterocycles. The topological polar surface area (TPSA) is 46.6 Å². The summed E-state index contributed by atoms with van der Waals surface area (Å²) in [5.74, 6) is 0.0852. The van der Waals surface area contributed by atoms with Gasteiger partial charge in [0.2, 0.25) is 0 Å². The van der Waals surface area contributed by atoms with Gasteiger partial charge in [0.05, 0.1) is 18.6 Å². The maximum atomic E-state index is 11.9. The molecule has 2 aromatic rings. The lowest BCUT2D eigenvalue weighted by Gasteiger charge is -2.28. The number of anilines is 1. The van der Waals surface area contributed by atoms with Crippen molar-refractivity contribution in [3.63, 3.8) is 0 Å². The molecule has 5 heteroatoms. The molecule has 0 N–H and O–H groups in total. The van der Waals surface area contributed by atoms with E-state index in [1.807, 2.05) is 30.3 Å². The van der Waals surface area contributed by atoms with Gasteiger partial charge in [0, 0.05) is 0 Å². The molecule has 0 spiro atoms. The number of nitrogens with zero attached hydrogens (tertiary/aromatic N) is 1. The summed E-state index contributed by atoms with van der Waals surface area (Å²) in [7, 11) is -1.97. The van der Waals surface area contributed by atoms with Crippen LogP contribution in [0.3, 0.4) is 0 Å². The smallest absolute Gasteiger partial charge is 0.257 e. The maximum absolute atomic E-state index is 11.9. The average molecular weight is 263 g/mol. The minimum absolute atomic E-state index is 0.0852. The minimum Gasteiger partial charge on any atom is -0.262 e.